The van der Waals surface area contributed by atoms with Crippen LogP contribution in [0.3, 0.4) is 0 Å². The summed E-state index contributed by atoms with van der Waals surface area (Å²) in [7, 11) is 0. The first-order chi connectivity index (χ1) is 7.13. The number of amides is 1. The number of anilines is 1. The van der Waals surface area contributed by atoms with E-state index in [1.54, 1.807) is 13.0 Å². The lowest BCUT2D eigenvalue weighted by atomic mass is 10.3. The second kappa shape index (κ2) is 5.29. The fourth-order valence-corrected chi connectivity index (χ4v) is 1.10. The number of carbonyl (C=O) groups is 1. The van der Waals surface area contributed by atoms with Gasteiger partial charge in [0.25, 0.3) is 0 Å². The predicted octanol–water partition coefficient (Wildman–Crippen LogP) is 1.16. The van der Waals surface area contributed by atoms with Crippen molar-refractivity contribution in [2.24, 2.45) is 0 Å². The molecule has 4 nitrogen and oxygen atoms in total. The third-order valence-electron chi connectivity index (χ3n) is 1.82. The Morgan fingerprint density at radius 3 is 2.93 bits per heavy atom. The molecule has 0 aromatic carbocycles. The Morgan fingerprint density at radius 2 is 2.33 bits per heavy atom. The number of nitrogens with one attached hydrogen (secondary N) is 2. The number of rotatable bonds is 4. The van der Waals surface area contributed by atoms with Crippen molar-refractivity contribution in [2.75, 3.05) is 11.9 Å². The Hall–Kier alpha value is -1.65. The lowest BCUT2D eigenvalue weighted by Crippen LogP contribution is -2.37. The molecule has 0 bridgehead atoms. The molecular formula is C10H14FN3O. The van der Waals surface area contributed by atoms with Gasteiger partial charge in [0.15, 0.2) is 0 Å². The van der Waals surface area contributed by atoms with Gasteiger partial charge in [0, 0.05) is 6.54 Å². The molecule has 0 saturated heterocycles. The molecule has 1 rings (SSSR count). The third-order valence-corrected chi connectivity index (χ3v) is 1.82. The lowest BCUT2D eigenvalue weighted by Gasteiger charge is -2.13. The molecule has 0 radical (unpaired) electrons. The Morgan fingerprint density at radius 1 is 1.60 bits per heavy atom. The number of hydrogen-bond acceptors (Lipinski definition) is 3. The van der Waals surface area contributed by atoms with E-state index >= 15 is 0 Å². The summed E-state index contributed by atoms with van der Waals surface area (Å²) in [6.45, 7) is 4.10. The Kier molecular flexibility index (Phi) is 4.03. The second-order valence-corrected chi connectivity index (χ2v) is 3.11. The number of halogens is 1. The highest BCUT2D eigenvalue weighted by molar-refractivity contribution is 5.83. The van der Waals surface area contributed by atoms with Gasteiger partial charge in [0.1, 0.15) is 11.9 Å². The molecule has 1 amide bonds. The molecular weight excluding hydrogens is 197 g/mol. The van der Waals surface area contributed by atoms with Crippen LogP contribution in [-0.4, -0.2) is 23.5 Å². The Labute approximate surface area is 87.9 Å². The quantitative estimate of drug-likeness (QED) is 0.735. The highest BCUT2D eigenvalue weighted by atomic mass is 19.1. The first kappa shape index (κ1) is 11.4. The van der Waals surface area contributed by atoms with Gasteiger partial charge in [-0.15, -0.1) is 0 Å². The van der Waals surface area contributed by atoms with Crippen molar-refractivity contribution in [3.05, 3.63) is 24.1 Å². The van der Waals surface area contributed by atoms with Crippen molar-refractivity contribution in [1.29, 1.82) is 0 Å². The molecule has 0 spiro atoms. The van der Waals surface area contributed by atoms with Gasteiger partial charge in [0.2, 0.25) is 11.9 Å². The summed E-state index contributed by atoms with van der Waals surface area (Å²) in [5, 5.41) is 5.46. The zero-order valence-electron chi connectivity index (χ0n) is 8.75. The number of aromatic nitrogens is 1. The van der Waals surface area contributed by atoms with E-state index in [1.807, 2.05) is 6.92 Å². The van der Waals surface area contributed by atoms with Gasteiger partial charge < -0.3 is 10.6 Å². The van der Waals surface area contributed by atoms with Crippen molar-refractivity contribution in [3.8, 4) is 0 Å². The summed E-state index contributed by atoms with van der Waals surface area (Å²) in [5.41, 5.74) is 0. The molecule has 0 aliphatic carbocycles. The number of pyridine rings is 1. The SMILES string of the molecule is CCNC(=O)C(C)Nc1cccc(F)n1. The van der Waals surface area contributed by atoms with Gasteiger partial charge >= 0.3 is 0 Å². The van der Waals surface area contributed by atoms with E-state index in [4.69, 9.17) is 0 Å². The summed E-state index contributed by atoms with van der Waals surface area (Å²) in [6, 6.07) is 3.97. The van der Waals surface area contributed by atoms with Crippen molar-refractivity contribution in [3.63, 3.8) is 0 Å². The minimum atomic E-state index is -0.567. The van der Waals surface area contributed by atoms with Crippen LogP contribution in [0.1, 0.15) is 13.8 Å². The minimum absolute atomic E-state index is 0.136. The summed E-state index contributed by atoms with van der Waals surface area (Å²) < 4.78 is 12.7. The monoisotopic (exact) mass is 211 g/mol. The van der Waals surface area contributed by atoms with E-state index in [0.29, 0.717) is 12.4 Å². The fourth-order valence-electron chi connectivity index (χ4n) is 1.10. The topological polar surface area (TPSA) is 54.0 Å². The van der Waals surface area contributed by atoms with Gasteiger partial charge in [-0.05, 0) is 26.0 Å². The van der Waals surface area contributed by atoms with Crippen molar-refractivity contribution in [2.45, 2.75) is 19.9 Å². The molecule has 1 atom stereocenters. The van der Waals surface area contributed by atoms with E-state index in [2.05, 4.69) is 15.6 Å². The van der Waals surface area contributed by atoms with Crippen molar-refractivity contribution < 1.29 is 9.18 Å². The number of hydrogen-bond donors (Lipinski definition) is 2. The fraction of sp³-hybridized carbons (Fsp3) is 0.400. The zero-order valence-corrected chi connectivity index (χ0v) is 8.75. The van der Waals surface area contributed by atoms with E-state index in [-0.39, 0.29) is 5.91 Å². The summed E-state index contributed by atoms with van der Waals surface area (Å²) in [6.07, 6.45) is 0. The van der Waals surface area contributed by atoms with Crippen molar-refractivity contribution >= 4 is 11.7 Å². The molecule has 1 heterocycles. The molecule has 0 saturated carbocycles. The Bertz CT molecular complexity index is 343. The normalized spacial score (nSPS) is 11.9. The number of carbonyl (C=O) groups excluding carboxylic acids is 1. The molecule has 5 heteroatoms. The van der Waals surface area contributed by atoms with Crippen LogP contribution < -0.4 is 10.6 Å². The second-order valence-electron chi connectivity index (χ2n) is 3.11. The van der Waals surface area contributed by atoms with Crippen LogP contribution in [0.2, 0.25) is 0 Å². The molecule has 15 heavy (non-hydrogen) atoms. The highest BCUT2D eigenvalue weighted by Crippen LogP contribution is 2.05. The first-order valence-corrected chi connectivity index (χ1v) is 4.80. The van der Waals surface area contributed by atoms with Crippen LogP contribution in [-0.2, 0) is 4.79 Å². The van der Waals surface area contributed by atoms with Crippen LogP contribution in [0.4, 0.5) is 10.2 Å². The highest BCUT2D eigenvalue weighted by Gasteiger charge is 2.11. The number of likely N-dealkylation sites (N-methyl/N-ethyl adjacent to an activating group) is 1. The summed E-state index contributed by atoms with van der Waals surface area (Å²) in [5.74, 6) is -0.347. The van der Waals surface area contributed by atoms with Crippen LogP contribution in [0.5, 0.6) is 0 Å². The largest absolute Gasteiger partial charge is 0.359 e. The van der Waals surface area contributed by atoms with Crippen LogP contribution in [0.25, 0.3) is 0 Å². The van der Waals surface area contributed by atoms with Gasteiger partial charge in [-0.2, -0.15) is 4.39 Å². The lowest BCUT2D eigenvalue weighted by molar-refractivity contribution is -0.121. The zero-order chi connectivity index (χ0) is 11.3. The molecule has 1 aromatic rings. The maximum Gasteiger partial charge on any atom is 0.242 e. The average molecular weight is 211 g/mol. The molecule has 1 aromatic heterocycles. The van der Waals surface area contributed by atoms with Crippen LogP contribution in [0.15, 0.2) is 18.2 Å². The molecule has 1 unspecified atom stereocenters. The third kappa shape index (κ3) is 3.53. The maximum absolute atomic E-state index is 12.7. The van der Waals surface area contributed by atoms with Gasteiger partial charge in [-0.3, -0.25) is 4.79 Å². The predicted molar refractivity (Wildman–Crippen MR) is 56.0 cm³/mol. The first-order valence-electron chi connectivity index (χ1n) is 4.80. The van der Waals surface area contributed by atoms with Gasteiger partial charge in [-0.25, -0.2) is 4.98 Å². The molecule has 0 aliphatic rings. The average Bonchev–Trinajstić information content (AvgIpc) is 2.18. The van der Waals surface area contributed by atoms with Gasteiger partial charge in [0.05, 0.1) is 0 Å². The standard InChI is InChI=1S/C10H14FN3O/c1-3-12-10(15)7(2)13-9-6-4-5-8(11)14-9/h4-7H,3H2,1-2H3,(H,12,15)(H,13,14). The maximum atomic E-state index is 12.7. The molecule has 82 valence electrons. The molecule has 0 aliphatic heterocycles. The van der Waals surface area contributed by atoms with E-state index in [1.165, 1.54) is 12.1 Å². The number of nitrogens with zero attached hydrogens (tertiary/aromatic N) is 1. The smallest absolute Gasteiger partial charge is 0.242 e. The Balaban J connectivity index is 2.58. The molecule has 0 fully saturated rings. The van der Waals surface area contributed by atoms with E-state index < -0.39 is 12.0 Å². The van der Waals surface area contributed by atoms with Crippen LogP contribution >= 0.6 is 0 Å². The van der Waals surface area contributed by atoms with E-state index in [0.717, 1.165) is 0 Å². The van der Waals surface area contributed by atoms with Gasteiger partial charge in [-0.1, -0.05) is 6.07 Å². The summed E-state index contributed by atoms with van der Waals surface area (Å²) in [4.78, 5) is 14.9. The molecule has 2 N–H and O–H groups in total. The van der Waals surface area contributed by atoms with Crippen molar-refractivity contribution in [1.82, 2.24) is 10.3 Å². The van der Waals surface area contributed by atoms with E-state index in [9.17, 15) is 9.18 Å². The summed E-state index contributed by atoms with van der Waals surface area (Å²) >= 11 is 0. The minimum Gasteiger partial charge on any atom is -0.359 e. The van der Waals surface area contributed by atoms with Crippen LogP contribution in [0, 0.1) is 5.95 Å².